The van der Waals surface area contributed by atoms with Crippen LogP contribution in [0.5, 0.6) is 0 Å². The smallest absolute Gasteiger partial charge is 0.332 e. The van der Waals surface area contributed by atoms with Gasteiger partial charge in [-0.25, -0.2) is 9.86 Å². The molecule has 0 aliphatic carbocycles. The number of hydrogen-bond acceptors (Lipinski definition) is 2. The average molecular weight is 194 g/mol. The van der Waals surface area contributed by atoms with E-state index in [1.807, 2.05) is 30.3 Å². The van der Waals surface area contributed by atoms with Gasteiger partial charge in [0.05, 0.1) is 7.11 Å². The summed E-state index contributed by atoms with van der Waals surface area (Å²) in [5, 5.41) is 3.85. The highest BCUT2D eigenvalue weighted by molar-refractivity contribution is 5.72. The van der Waals surface area contributed by atoms with Crippen LogP contribution in [0.15, 0.2) is 30.3 Å². The summed E-state index contributed by atoms with van der Waals surface area (Å²) in [6.07, 6.45) is 0. The third kappa shape index (κ3) is 3.06. The molecule has 0 atom stereocenters. The number of benzene rings is 1. The van der Waals surface area contributed by atoms with Crippen LogP contribution in [-0.4, -0.2) is 25.3 Å². The van der Waals surface area contributed by atoms with Crippen molar-refractivity contribution in [3.63, 3.8) is 0 Å². The summed E-state index contributed by atoms with van der Waals surface area (Å²) in [4.78, 5) is 16.0. The van der Waals surface area contributed by atoms with E-state index in [1.54, 1.807) is 7.05 Å². The first-order chi connectivity index (χ1) is 6.74. The van der Waals surface area contributed by atoms with Gasteiger partial charge < -0.3 is 5.32 Å². The number of amides is 2. The monoisotopic (exact) mass is 194 g/mol. The van der Waals surface area contributed by atoms with E-state index in [0.29, 0.717) is 6.54 Å². The van der Waals surface area contributed by atoms with Crippen molar-refractivity contribution in [2.75, 3.05) is 14.2 Å². The standard InChI is InChI=1S/C10H14N2O2/c1-12(14-2)10(13)11-8-9-6-4-3-5-7-9/h3-7H,8H2,1-2H3,(H,11,13). The molecule has 0 aliphatic heterocycles. The number of hydrogen-bond donors (Lipinski definition) is 1. The lowest BCUT2D eigenvalue weighted by Gasteiger charge is -2.14. The second kappa shape index (κ2) is 5.24. The largest absolute Gasteiger partial charge is 0.341 e. The third-order valence-corrected chi connectivity index (χ3v) is 1.85. The Hall–Kier alpha value is -1.55. The zero-order chi connectivity index (χ0) is 10.4. The zero-order valence-corrected chi connectivity index (χ0v) is 8.36. The minimum atomic E-state index is -0.253. The number of rotatable bonds is 3. The van der Waals surface area contributed by atoms with E-state index >= 15 is 0 Å². The van der Waals surface area contributed by atoms with Gasteiger partial charge in [-0.15, -0.1) is 0 Å². The zero-order valence-electron chi connectivity index (χ0n) is 8.36. The van der Waals surface area contributed by atoms with Gasteiger partial charge >= 0.3 is 6.03 Å². The Balaban J connectivity index is 2.38. The molecule has 0 aromatic heterocycles. The highest BCUT2D eigenvalue weighted by Crippen LogP contribution is 1.97. The summed E-state index contributed by atoms with van der Waals surface area (Å²) in [5.41, 5.74) is 1.06. The Bertz CT molecular complexity index is 287. The number of nitrogens with one attached hydrogen (secondary N) is 1. The van der Waals surface area contributed by atoms with E-state index in [1.165, 1.54) is 7.11 Å². The summed E-state index contributed by atoms with van der Waals surface area (Å²) >= 11 is 0. The quantitative estimate of drug-likeness (QED) is 0.739. The van der Waals surface area contributed by atoms with Gasteiger partial charge in [0.2, 0.25) is 0 Å². The van der Waals surface area contributed by atoms with Crippen LogP contribution in [0.4, 0.5) is 4.79 Å². The van der Waals surface area contributed by atoms with Gasteiger partial charge in [-0.05, 0) is 5.56 Å². The molecule has 0 saturated heterocycles. The molecule has 0 bridgehead atoms. The van der Waals surface area contributed by atoms with Crippen molar-refractivity contribution in [1.82, 2.24) is 10.4 Å². The molecule has 14 heavy (non-hydrogen) atoms. The summed E-state index contributed by atoms with van der Waals surface area (Å²) in [6.45, 7) is 0.507. The van der Waals surface area contributed by atoms with Crippen LogP contribution in [0.1, 0.15) is 5.56 Å². The number of hydroxylamine groups is 2. The lowest BCUT2D eigenvalue weighted by atomic mass is 10.2. The molecule has 1 aromatic carbocycles. The summed E-state index contributed by atoms with van der Waals surface area (Å²) in [5.74, 6) is 0. The second-order valence-electron chi connectivity index (χ2n) is 2.82. The van der Waals surface area contributed by atoms with Gasteiger partial charge in [-0.2, -0.15) is 0 Å². The first-order valence-corrected chi connectivity index (χ1v) is 4.33. The van der Waals surface area contributed by atoms with Gasteiger partial charge in [-0.1, -0.05) is 30.3 Å². The minimum Gasteiger partial charge on any atom is -0.332 e. The maximum atomic E-state index is 11.2. The highest BCUT2D eigenvalue weighted by atomic mass is 16.7. The van der Waals surface area contributed by atoms with Gasteiger partial charge in [-0.3, -0.25) is 4.84 Å². The van der Waals surface area contributed by atoms with Gasteiger partial charge in [0.15, 0.2) is 0 Å². The average Bonchev–Trinajstić information content (AvgIpc) is 2.26. The van der Waals surface area contributed by atoms with Crippen molar-refractivity contribution in [2.24, 2.45) is 0 Å². The maximum Gasteiger partial charge on any atom is 0.341 e. The van der Waals surface area contributed by atoms with E-state index < -0.39 is 0 Å². The van der Waals surface area contributed by atoms with Crippen molar-refractivity contribution < 1.29 is 9.63 Å². The second-order valence-corrected chi connectivity index (χ2v) is 2.82. The lowest BCUT2D eigenvalue weighted by Crippen LogP contribution is -2.35. The van der Waals surface area contributed by atoms with Crippen molar-refractivity contribution in [1.29, 1.82) is 0 Å². The van der Waals surface area contributed by atoms with Crippen molar-refractivity contribution in [3.05, 3.63) is 35.9 Å². The molecule has 0 aliphatic rings. The number of carbonyl (C=O) groups excluding carboxylic acids is 1. The fourth-order valence-corrected chi connectivity index (χ4v) is 0.968. The normalized spacial score (nSPS) is 9.57. The molecule has 1 rings (SSSR count). The molecule has 1 aromatic rings. The van der Waals surface area contributed by atoms with Crippen LogP contribution in [-0.2, 0) is 11.4 Å². The van der Waals surface area contributed by atoms with Crippen LogP contribution in [0.3, 0.4) is 0 Å². The number of nitrogens with zero attached hydrogens (tertiary/aromatic N) is 1. The fourth-order valence-electron chi connectivity index (χ4n) is 0.968. The molecule has 0 saturated carbocycles. The molecule has 4 nitrogen and oxygen atoms in total. The van der Waals surface area contributed by atoms with Gasteiger partial charge in [0, 0.05) is 13.6 Å². The Kier molecular flexibility index (Phi) is 3.94. The molecule has 0 fully saturated rings. The first-order valence-electron chi connectivity index (χ1n) is 4.33. The van der Waals surface area contributed by atoms with E-state index in [2.05, 4.69) is 5.32 Å². The molecule has 4 heteroatoms. The van der Waals surface area contributed by atoms with Gasteiger partial charge in [0.25, 0.3) is 0 Å². The van der Waals surface area contributed by atoms with E-state index in [-0.39, 0.29) is 6.03 Å². The molecule has 76 valence electrons. The Morgan fingerprint density at radius 2 is 2.07 bits per heavy atom. The molecule has 0 unspecified atom stereocenters. The number of urea groups is 1. The summed E-state index contributed by atoms with van der Waals surface area (Å²) in [7, 11) is 3.00. The van der Waals surface area contributed by atoms with E-state index in [9.17, 15) is 4.79 Å². The number of carbonyl (C=O) groups is 1. The lowest BCUT2D eigenvalue weighted by molar-refractivity contribution is -0.0648. The van der Waals surface area contributed by atoms with Crippen molar-refractivity contribution >= 4 is 6.03 Å². The molecular weight excluding hydrogens is 180 g/mol. The first kappa shape index (κ1) is 10.5. The van der Waals surface area contributed by atoms with Crippen LogP contribution in [0.2, 0.25) is 0 Å². The topological polar surface area (TPSA) is 41.6 Å². The Labute approximate surface area is 83.4 Å². The predicted molar refractivity (Wildman–Crippen MR) is 53.4 cm³/mol. The summed E-state index contributed by atoms with van der Waals surface area (Å²) in [6, 6.07) is 9.45. The summed E-state index contributed by atoms with van der Waals surface area (Å²) < 4.78 is 0. The van der Waals surface area contributed by atoms with Crippen LogP contribution in [0.25, 0.3) is 0 Å². The highest BCUT2D eigenvalue weighted by Gasteiger charge is 2.05. The Morgan fingerprint density at radius 3 is 2.64 bits per heavy atom. The molecule has 0 spiro atoms. The van der Waals surface area contributed by atoms with Crippen molar-refractivity contribution in [3.8, 4) is 0 Å². The van der Waals surface area contributed by atoms with Crippen LogP contribution in [0, 0.1) is 0 Å². The van der Waals surface area contributed by atoms with Crippen molar-refractivity contribution in [2.45, 2.75) is 6.54 Å². The van der Waals surface area contributed by atoms with Crippen LogP contribution < -0.4 is 5.32 Å². The third-order valence-electron chi connectivity index (χ3n) is 1.85. The van der Waals surface area contributed by atoms with E-state index in [4.69, 9.17) is 4.84 Å². The maximum absolute atomic E-state index is 11.2. The van der Waals surface area contributed by atoms with Gasteiger partial charge in [0.1, 0.15) is 0 Å². The predicted octanol–water partition coefficient (Wildman–Crippen LogP) is 1.39. The molecule has 0 radical (unpaired) electrons. The van der Waals surface area contributed by atoms with E-state index in [0.717, 1.165) is 10.6 Å². The molecule has 2 amide bonds. The molecule has 1 N–H and O–H groups in total. The minimum absolute atomic E-state index is 0.253. The molecule has 0 heterocycles. The SMILES string of the molecule is CON(C)C(=O)NCc1ccccc1. The van der Waals surface area contributed by atoms with Crippen LogP contribution >= 0.6 is 0 Å². The Morgan fingerprint density at radius 1 is 1.43 bits per heavy atom. The fraction of sp³-hybridized carbons (Fsp3) is 0.300. The molecular formula is C10H14N2O2.